The molecule has 2 aliphatic rings. The molecule has 4 rings (SSSR count). The molecule has 30 heavy (non-hydrogen) atoms. The molecule has 0 spiro atoms. The number of nitrogens with zero attached hydrogens (tertiary/aromatic N) is 3. The number of carbonyl (C=O) groups excluding carboxylic acids is 1. The Bertz CT molecular complexity index is 937. The largest absolute Gasteiger partial charge is 0.481 e. The van der Waals surface area contributed by atoms with Crippen LogP contribution in [0.15, 0.2) is 30.3 Å². The zero-order valence-electron chi connectivity index (χ0n) is 16.6. The number of methoxy groups -OCH3 is 2. The lowest BCUT2D eigenvalue weighted by Gasteiger charge is -2.22. The first-order valence-electron chi connectivity index (χ1n) is 9.72. The Labute approximate surface area is 172 Å². The highest BCUT2D eigenvalue weighted by atomic mass is 19.4. The number of hydrogen-bond acceptors (Lipinski definition) is 6. The van der Waals surface area contributed by atoms with E-state index >= 15 is 0 Å². The first-order chi connectivity index (χ1) is 14.3. The van der Waals surface area contributed by atoms with E-state index in [0.29, 0.717) is 37.4 Å². The van der Waals surface area contributed by atoms with Crippen LogP contribution in [0.4, 0.5) is 19.1 Å². The standard InChI is InChI=1S/C21H22F3N3O3/c1-29-18-9-17(19(28)30-2)25-20(26-18)27-10-13-7-12(8-14(13)11-27)15-5-3-4-6-16(15)21(22,23)24/h3-6,9,12-14H,7-8,10-11H2,1-2H3/t12?,13-,14+. The molecule has 1 aromatic heterocycles. The van der Waals surface area contributed by atoms with Crippen molar-refractivity contribution in [3.8, 4) is 5.88 Å². The molecule has 1 aliphatic carbocycles. The highest BCUT2D eigenvalue weighted by Gasteiger charge is 2.44. The third-order valence-electron chi connectivity index (χ3n) is 6.03. The number of alkyl halides is 3. The molecule has 9 heteroatoms. The summed E-state index contributed by atoms with van der Waals surface area (Å²) in [6.45, 7) is 1.26. The van der Waals surface area contributed by atoms with Gasteiger partial charge in [0.1, 0.15) is 0 Å². The van der Waals surface area contributed by atoms with Crippen molar-refractivity contribution in [2.24, 2.45) is 11.8 Å². The topological polar surface area (TPSA) is 64.6 Å². The normalized spacial score (nSPS) is 23.4. The first kappa shape index (κ1) is 20.4. The van der Waals surface area contributed by atoms with Gasteiger partial charge in [-0.25, -0.2) is 9.78 Å². The molecule has 160 valence electrons. The Kier molecular flexibility index (Phi) is 5.29. The van der Waals surface area contributed by atoms with Crippen molar-refractivity contribution in [1.82, 2.24) is 9.97 Å². The molecule has 0 amide bonds. The molecule has 0 radical (unpaired) electrons. The molecule has 1 unspecified atom stereocenters. The molecule has 0 bridgehead atoms. The average Bonchev–Trinajstić information content (AvgIpc) is 3.31. The smallest absolute Gasteiger partial charge is 0.416 e. The van der Waals surface area contributed by atoms with Crippen molar-refractivity contribution < 1.29 is 27.4 Å². The first-order valence-corrected chi connectivity index (χ1v) is 9.72. The van der Waals surface area contributed by atoms with E-state index in [4.69, 9.17) is 9.47 Å². The van der Waals surface area contributed by atoms with E-state index in [2.05, 4.69) is 9.97 Å². The van der Waals surface area contributed by atoms with Gasteiger partial charge in [0.25, 0.3) is 0 Å². The Morgan fingerprint density at radius 2 is 1.77 bits per heavy atom. The summed E-state index contributed by atoms with van der Waals surface area (Å²) in [7, 11) is 2.73. The molecule has 2 fully saturated rings. The molecule has 1 saturated carbocycles. The van der Waals surface area contributed by atoms with Gasteiger partial charge in [0.15, 0.2) is 5.69 Å². The Balaban J connectivity index is 1.52. The van der Waals surface area contributed by atoms with E-state index in [1.54, 1.807) is 12.1 Å². The number of hydrogen-bond donors (Lipinski definition) is 0. The van der Waals surface area contributed by atoms with Gasteiger partial charge in [-0.3, -0.25) is 0 Å². The second-order valence-corrected chi connectivity index (χ2v) is 7.77. The molecule has 1 aliphatic heterocycles. The number of halogens is 3. The van der Waals surface area contributed by atoms with Gasteiger partial charge in [0.05, 0.1) is 19.8 Å². The van der Waals surface area contributed by atoms with Crippen LogP contribution in [0.5, 0.6) is 5.88 Å². The molecule has 1 saturated heterocycles. The monoisotopic (exact) mass is 421 g/mol. The lowest BCUT2D eigenvalue weighted by Crippen LogP contribution is -2.25. The summed E-state index contributed by atoms with van der Waals surface area (Å²) in [4.78, 5) is 22.5. The van der Waals surface area contributed by atoms with Gasteiger partial charge in [-0.1, -0.05) is 18.2 Å². The number of rotatable bonds is 4. The van der Waals surface area contributed by atoms with Gasteiger partial charge in [-0.05, 0) is 42.2 Å². The maximum atomic E-state index is 13.4. The zero-order valence-corrected chi connectivity index (χ0v) is 16.6. The summed E-state index contributed by atoms with van der Waals surface area (Å²) in [5, 5.41) is 0. The average molecular weight is 421 g/mol. The van der Waals surface area contributed by atoms with Crippen LogP contribution in [0.3, 0.4) is 0 Å². The van der Waals surface area contributed by atoms with Gasteiger partial charge in [-0.2, -0.15) is 18.2 Å². The SMILES string of the molecule is COC(=O)c1cc(OC)nc(N2C[C@H]3CC(c4ccccc4C(F)(F)F)C[C@H]3C2)n1. The third-order valence-corrected chi connectivity index (χ3v) is 6.03. The van der Waals surface area contributed by atoms with Crippen molar-refractivity contribution >= 4 is 11.9 Å². The molecule has 3 atom stereocenters. The second-order valence-electron chi connectivity index (χ2n) is 7.77. The number of benzene rings is 1. The van der Waals surface area contributed by atoms with Gasteiger partial charge in [-0.15, -0.1) is 0 Å². The summed E-state index contributed by atoms with van der Waals surface area (Å²) in [6.07, 6.45) is -2.98. The van der Waals surface area contributed by atoms with Crippen molar-refractivity contribution in [2.75, 3.05) is 32.2 Å². The van der Waals surface area contributed by atoms with Gasteiger partial charge >= 0.3 is 12.1 Å². The predicted molar refractivity (Wildman–Crippen MR) is 103 cm³/mol. The van der Waals surface area contributed by atoms with E-state index in [-0.39, 0.29) is 29.3 Å². The predicted octanol–water partition coefficient (Wildman–Crippen LogP) is 3.92. The fourth-order valence-corrected chi connectivity index (χ4v) is 4.70. The molecule has 6 nitrogen and oxygen atoms in total. The quantitative estimate of drug-likeness (QED) is 0.698. The van der Waals surface area contributed by atoms with Crippen LogP contribution in [0.2, 0.25) is 0 Å². The number of esters is 1. The van der Waals surface area contributed by atoms with E-state index in [1.165, 1.54) is 26.4 Å². The fraction of sp³-hybridized carbons (Fsp3) is 0.476. The third kappa shape index (κ3) is 3.80. The molecule has 1 aromatic carbocycles. The number of anilines is 1. The van der Waals surface area contributed by atoms with Crippen LogP contribution in [0.25, 0.3) is 0 Å². The van der Waals surface area contributed by atoms with Crippen molar-refractivity contribution in [1.29, 1.82) is 0 Å². The second kappa shape index (κ2) is 7.77. The number of aromatic nitrogens is 2. The lowest BCUT2D eigenvalue weighted by molar-refractivity contribution is -0.138. The summed E-state index contributed by atoms with van der Waals surface area (Å²) < 4.78 is 50.1. The minimum Gasteiger partial charge on any atom is -0.481 e. The summed E-state index contributed by atoms with van der Waals surface area (Å²) in [5.41, 5.74) is -0.0457. The van der Waals surface area contributed by atoms with Gasteiger partial charge in [0.2, 0.25) is 11.8 Å². The fourth-order valence-electron chi connectivity index (χ4n) is 4.70. The van der Waals surface area contributed by atoms with Crippen molar-refractivity contribution in [3.05, 3.63) is 47.2 Å². The summed E-state index contributed by atoms with van der Waals surface area (Å²) >= 11 is 0. The highest BCUT2D eigenvalue weighted by molar-refractivity contribution is 5.87. The van der Waals surface area contributed by atoms with Crippen LogP contribution in [0.1, 0.15) is 40.4 Å². The molecule has 0 N–H and O–H groups in total. The Hall–Kier alpha value is -2.84. The van der Waals surface area contributed by atoms with Crippen molar-refractivity contribution in [3.63, 3.8) is 0 Å². The van der Waals surface area contributed by atoms with Crippen LogP contribution in [0, 0.1) is 11.8 Å². The van der Waals surface area contributed by atoms with Gasteiger partial charge < -0.3 is 14.4 Å². The zero-order chi connectivity index (χ0) is 21.5. The Morgan fingerprint density at radius 3 is 2.37 bits per heavy atom. The number of carbonyl (C=O) groups is 1. The minimum absolute atomic E-state index is 0.105. The lowest BCUT2D eigenvalue weighted by atomic mass is 9.91. The maximum Gasteiger partial charge on any atom is 0.416 e. The maximum absolute atomic E-state index is 13.4. The molecular formula is C21H22F3N3O3. The number of fused-ring (bicyclic) bond motifs is 1. The van der Waals surface area contributed by atoms with Crippen LogP contribution < -0.4 is 9.64 Å². The van der Waals surface area contributed by atoms with Crippen molar-refractivity contribution in [2.45, 2.75) is 24.9 Å². The summed E-state index contributed by atoms with van der Waals surface area (Å²) in [5.74, 6) is 0.420. The molecule has 2 heterocycles. The molecule has 2 aromatic rings. The van der Waals surface area contributed by atoms with Crippen LogP contribution in [-0.4, -0.2) is 43.2 Å². The van der Waals surface area contributed by atoms with E-state index in [0.717, 1.165) is 6.07 Å². The van der Waals surface area contributed by atoms with Gasteiger partial charge in [0, 0.05) is 19.2 Å². The Morgan fingerprint density at radius 1 is 1.10 bits per heavy atom. The molecular weight excluding hydrogens is 399 g/mol. The highest BCUT2D eigenvalue weighted by Crippen LogP contribution is 2.49. The van der Waals surface area contributed by atoms with Crippen LogP contribution in [-0.2, 0) is 10.9 Å². The minimum atomic E-state index is -4.35. The summed E-state index contributed by atoms with van der Waals surface area (Å²) in [6, 6.07) is 7.27. The van der Waals surface area contributed by atoms with E-state index < -0.39 is 17.7 Å². The van der Waals surface area contributed by atoms with Crippen LogP contribution >= 0.6 is 0 Å². The van der Waals surface area contributed by atoms with E-state index in [1.807, 2.05) is 4.90 Å². The number of ether oxygens (including phenoxy) is 2. The van der Waals surface area contributed by atoms with E-state index in [9.17, 15) is 18.0 Å².